The van der Waals surface area contributed by atoms with E-state index >= 15 is 0 Å². The van der Waals surface area contributed by atoms with Gasteiger partial charge in [-0.15, -0.1) is 0 Å². The Balaban J connectivity index is 3.04. The summed E-state index contributed by atoms with van der Waals surface area (Å²) in [5.41, 5.74) is 6.54. The first-order valence-electron chi connectivity index (χ1n) is 11.8. The van der Waals surface area contributed by atoms with E-state index in [-0.39, 0.29) is 24.7 Å². The lowest BCUT2D eigenvalue weighted by atomic mass is 10.0. The van der Waals surface area contributed by atoms with Crippen LogP contribution in [0.3, 0.4) is 0 Å². The van der Waals surface area contributed by atoms with E-state index in [0.717, 1.165) is 0 Å². The van der Waals surface area contributed by atoms with Gasteiger partial charge >= 0.3 is 5.97 Å². The highest BCUT2D eigenvalue weighted by molar-refractivity contribution is 7.98. The molecule has 0 fully saturated rings. The standard InChI is InChI=1S/C23H40N6O5S/c1-13(2)8-17(27-20(30)16(24)6-7-35-5)21(31)28-18(10-15-11-25-12-26-15)22(32)29-19(23(33)34)9-14(3)4/h11-14,16-19H,6-10,24H2,1-5H3,(H,25,26)(H,27,30)(H,28,31)(H,29,32)(H,33,34). The average Bonchev–Trinajstić information content (AvgIpc) is 3.28. The molecule has 11 nitrogen and oxygen atoms in total. The number of amides is 3. The van der Waals surface area contributed by atoms with E-state index in [9.17, 15) is 24.3 Å². The summed E-state index contributed by atoms with van der Waals surface area (Å²) in [5, 5.41) is 17.5. The quantitative estimate of drug-likeness (QED) is 0.187. The third kappa shape index (κ3) is 11.6. The number of aromatic nitrogens is 2. The van der Waals surface area contributed by atoms with Gasteiger partial charge in [-0.1, -0.05) is 27.7 Å². The van der Waals surface area contributed by atoms with Crippen LogP contribution in [0.5, 0.6) is 0 Å². The number of H-pyrrole nitrogens is 1. The summed E-state index contributed by atoms with van der Waals surface area (Å²) in [6.45, 7) is 7.54. The highest BCUT2D eigenvalue weighted by Gasteiger charge is 2.31. The number of nitrogens with one attached hydrogen (secondary N) is 4. The molecule has 35 heavy (non-hydrogen) atoms. The Labute approximate surface area is 211 Å². The monoisotopic (exact) mass is 512 g/mol. The fourth-order valence-electron chi connectivity index (χ4n) is 3.42. The van der Waals surface area contributed by atoms with E-state index < -0.39 is 47.9 Å². The molecule has 0 aromatic carbocycles. The molecule has 1 heterocycles. The summed E-state index contributed by atoms with van der Waals surface area (Å²) in [7, 11) is 0. The van der Waals surface area contributed by atoms with Gasteiger partial charge in [0.15, 0.2) is 0 Å². The molecule has 1 aromatic heterocycles. The van der Waals surface area contributed by atoms with Crippen LogP contribution < -0.4 is 21.7 Å². The van der Waals surface area contributed by atoms with Crippen molar-refractivity contribution < 1.29 is 24.3 Å². The number of nitrogens with zero attached hydrogens (tertiary/aromatic N) is 1. The van der Waals surface area contributed by atoms with Crippen LogP contribution in [-0.2, 0) is 25.6 Å². The van der Waals surface area contributed by atoms with Gasteiger partial charge in [0, 0.05) is 18.3 Å². The molecule has 0 aliphatic heterocycles. The first-order chi connectivity index (χ1) is 16.4. The van der Waals surface area contributed by atoms with Crippen molar-refractivity contribution in [3.8, 4) is 0 Å². The van der Waals surface area contributed by atoms with Gasteiger partial charge in [0.05, 0.1) is 12.4 Å². The van der Waals surface area contributed by atoms with Crippen molar-refractivity contribution in [3.63, 3.8) is 0 Å². The molecule has 0 radical (unpaired) electrons. The zero-order valence-electron chi connectivity index (χ0n) is 21.2. The van der Waals surface area contributed by atoms with E-state index in [1.54, 1.807) is 11.8 Å². The van der Waals surface area contributed by atoms with Crippen molar-refractivity contribution in [2.24, 2.45) is 17.6 Å². The SMILES string of the molecule is CSCCC(N)C(=O)NC(CC(C)C)C(=O)NC(Cc1cnc[nH]1)C(=O)NC(CC(C)C)C(=O)O. The third-order valence-corrected chi connectivity index (χ3v) is 5.89. The molecule has 0 bridgehead atoms. The van der Waals surface area contributed by atoms with E-state index in [4.69, 9.17) is 5.73 Å². The lowest BCUT2D eigenvalue weighted by Crippen LogP contribution is -2.58. The van der Waals surface area contributed by atoms with E-state index in [2.05, 4.69) is 25.9 Å². The minimum atomic E-state index is -1.15. The van der Waals surface area contributed by atoms with Crippen LogP contribution in [0, 0.1) is 11.8 Å². The van der Waals surface area contributed by atoms with Gasteiger partial charge in [0.25, 0.3) is 0 Å². The van der Waals surface area contributed by atoms with Gasteiger partial charge in [0.2, 0.25) is 17.7 Å². The number of aromatic amines is 1. The Morgan fingerprint density at radius 3 is 2.03 bits per heavy atom. The maximum Gasteiger partial charge on any atom is 0.326 e. The fourth-order valence-corrected chi connectivity index (χ4v) is 3.91. The topological polar surface area (TPSA) is 179 Å². The Morgan fingerprint density at radius 1 is 0.971 bits per heavy atom. The lowest BCUT2D eigenvalue weighted by Gasteiger charge is -2.26. The highest BCUT2D eigenvalue weighted by atomic mass is 32.2. The van der Waals surface area contributed by atoms with Gasteiger partial charge in [-0.3, -0.25) is 14.4 Å². The molecule has 198 valence electrons. The minimum Gasteiger partial charge on any atom is -0.480 e. The maximum absolute atomic E-state index is 13.2. The molecule has 1 rings (SSSR count). The van der Waals surface area contributed by atoms with Crippen molar-refractivity contribution in [2.45, 2.75) is 77.5 Å². The summed E-state index contributed by atoms with van der Waals surface area (Å²) in [4.78, 5) is 57.3. The predicted molar refractivity (Wildman–Crippen MR) is 136 cm³/mol. The Kier molecular flexibility index (Phi) is 13.4. The normalized spacial score (nSPS) is 14.7. The van der Waals surface area contributed by atoms with E-state index in [1.165, 1.54) is 12.5 Å². The summed E-state index contributed by atoms with van der Waals surface area (Å²) in [6.07, 6.45) is 6.01. The first-order valence-corrected chi connectivity index (χ1v) is 13.2. The van der Waals surface area contributed by atoms with Gasteiger partial charge in [-0.05, 0) is 43.1 Å². The van der Waals surface area contributed by atoms with Gasteiger partial charge in [0.1, 0.15) is 18.1 Å². The van der Waals surface area contributed by atoms with Crippen LogP contribution in [0.15, 0.2) is 12.5 Å². The molecule has 0 saturated carbocycles. The number of aliphatic carboxylic acids is 1. The number of rotatable bonds is 16. The average molecular weight is 513 g/mol. The fraction of sp³-hybridized carbons (Fsp3) is 0.696. The van der Waals surface area contributed by atoms with Crippen molar-refractivity contribution in [1.29, 1.82) is 0 Å². The molecular formula is C23H40N6O5S. The number of imidazole rings is 1. The smallest absolute Gasteiger partial charge is 0.326 e. The molecule has 0 aliphatic carbocycles. The minimum absolute atomic E-state index is 0.0398. The van der Waals surface area contributed by atoms with Crippen LogP contribution >= 0.6 is 11.8 Å². The van der Waals surface area contributed by atoms with Crippen molar-refractivity contribution in [2.75, 3.05) is 12.0 Å². The second-order valence-electron chi connectivity index (χ2n) is 9.45. The van der Waals surface area contributed by atoms with Crippen LogP contribution in [0.1, 0.15) is 52.7 Å². The first kappa shape index (κ1) is 30.4. The van der Waals surface area contributed by atoms with Gasteiger partial charge < -0.3 is 31.8 Å². The zero-order valence-corrected chi connectivity index (χ0v) is 22.0. The largest absolute Gasteiger partial charge is 0.480 e. The number of hydrogen-bond acceptors (Lipinski definition) is 7. The van der Waals surface area contributed by atoms with Crippen LogP contribution in [-0.4, -0.2) is 74.9 Å². The molecule has 0 saturated heterocycles. The molecule has 12 heteroatoms. The van der Waals surface area contributed by atoms with Crippen LogP contribution in [0.4, 0.5) is 0 Å². The summed E-state index contributed by atoms with van der Waals surface area (Å²) < 4.78 is 0. The second-order valence-corrected chi connectivity index (χ2v) is 10.4. The number of carbonyl (C=O) groups is 4. The molecule has 1 aromatic rings. The lowest BCUT2D eigenvalue weighted by molar-refractivity contribution is -0.142. The molecule has 0 aliphatic rings. The molecular weight excluding hydrogens is 472 g/mol. The molecule has 4 unspecified atom stereocenters. The second kappa shape index (κ2) is 15.4. The number of hydrogen-bond donors (Lipinski definition) is 6. The number of carboxylic acid groups (broad SMARTS) is 1. The molecule has 4 atom stereocenters. The maximum atomic E-state index is 13.2. The van der Waals surface area contributed by atoms with Crippen LogP contribution in [0.25, 0.3) is 0 Å². The Bertz CT molecular complexity index is 817. The number of carboxylic acids is 1. The number of nitrogens with two attached hydrogens (primary N) is 1. The van der Waals surface area contributed by atoms with E-state index in [1.807, 2.05) is 34.0 Å². The van der Waals surface area contributed by atoms with E-state index in [0.29, 0.717) is 24.3 Å². The Morgan fingerprint density at radius 2 is 1.51 bits per heavy atom. The molecule has 3 amide bonds. The van der Waals surface area contributed by atoms with Crippen molar-refractivity contribution >= 4 is 35.5 Å². The Hall–Kier alpha value is -2.60. The summed E-state index contributed by atoms with van der Waals surface area (Å²) in [5.74, 6) is -1.93. The summed E-state index contributed by atoms with van der Waals surface area (Å²) in [6, 6.07) is -3.81. The highest BCUT2D eigenvalue weighted by Crippen LogP contribution is 2.10. The van der Waals surface area contributed by atoms with Gasteiger partial charge in [-0.25, -0.2) is 9.78 Å². The molecule has 7 N–H and O–H groups in total. The van der Waals surface area contributed by atoms with Gasteiger partial charge in [-0.2, -0.15) is 11.8 Å². The van der Waals surface area contributed by atoms with Crippen LogP contribution in [0.2, 0.25) is 0 Å². The zero-order chi connectivity index (χ0) is 26.5. The van der Waals surface area contributed by atoms with Crippen molar-refractivity contribution in [1.82, 2.24) is 25.9 Å². The number of carbonyl (C=O) groups excluding carboxylic acids is 3. The molecule has 0 spiro atoms. The number of thioether (sulfide) groups is 1. The van der Waals surface area contributed by atoms with Crippen molar-refractivity contribution in [3.05, 3.63) is 18.2 Å². The summed E-state index contributed by atoms with van der Waals surface area (Å²) >= 11 is 1.57. The third-order valence-electron chi connectivity index (χ3n) is 5.24. The predicted octanol–water partition coefficient (Wildman–Crippen LogP) is 0.664.